The number of hydrogen-bond donors (Lipinski definition) is 1. The zero-order valence-electron chi connectivity index (χ0n) is 18.7. The summed E-state index contributed by atoms with van der Waals surface area (Å²) in [4.78, 5) is 12.4. The Kier molecular flexibility index (Phi) is 8.96. The topological polar surface area (TPSA) is 47.6 Å². The third-order valence-corrected chi connectivity index (χ3v) is 5.40. The van der Waals surface area contributed by atoms with Crippen LogP contribution in [0, 0.1) is 17.6 Å². The van der Waals surface area contributed by atoms with Crippen molar-refractivity contribution < 1.29 is 23.0 Å². The first-order chi connectivity index (χ1) is 16.3. The molecule has 1 N–H and O–H groups in total. The number of carbonyl (C=O) groups excluding carboxylic acids is 1. The first kappa shape index (κ1) is 25.6. The maximum Gasteiger partial charge on any atom is 0.357 e. The lowest BCUT2D eigenvalue weighted by Crippen LogP contribution is -2.31. The molecular formula is C26H24ClF2NO3S. The number of thiocarbonyl (C=S) groups is 1. The molecule has 0 fully saturated rings. The average Bonchev–Trinajstić information content (AvgIpc) is 2.82. The summed E-state index contributed by atoms with van der Waals surface area (Å²) in [5.74, 6) is -1.77. The predicted molar refractivity (Wildman–Crippen MR) is 133 cm³/mol. The van der Waals surface area contributed by atoms with Crippen LogP contribution in [0.3, 0.4) is 0 Å². The van der Waals surface area contributed by atoms with E-state index in [2.05, 4.69) is 5.32 Å². The normalized spacial score (nSPS) is 11.7. The Bertz CT molecular complexity index is 1120. The summed E-state index contributed by atoms with van der Waals surface area (Å²) >= 11 is 11.1. The average molecular weight is 504 g/mol. The molecule has 34 heavy (non-hydrogen) atoms. The highest BCUT2D eigenvalue weighted by molar-refractivity contribution is 7.79. The SMILES string of the molecule is CC(C)COC(=S)Oc1ccc(-c2ccc([C@@H](CCl)NC(=O)c3c(F)cccc3F)cc2)cc1. The van der Waals surface area contributed by atoms with E-state index in [4.69, 9.17) is 33.3 Å². The van der Waals surface area contributed by atoms with Gasteiger partial charge in [-0.3, -0.25) is 4.79 Å². The summed E-state index contributed by atoms with van der Waals surface area (Å²) in [5, 5.41) is 2.67. The first-order valence-electron chi connectivity index (χ1n) is 10.6. The van der Waals surface area contributed by atoms with Crippen molar-refractivity contribution in [2.45, 2.75) is 19.9 Å². The maximum atomic E-state index is 13.9. The molecule has 0 bridgehead atoms. The molecule has 0 aromatic heterocycles. The molecule has 1 atom stereocenters. The highest BCUT2D eigenvalue weighted by atomic mass is 35.5. The molecule has 3 aromatic carbocycles. The number of rotatable bonds is 8. The summed E-state index contributed by atoms with van der Waals surface area (Å²) < 4.78 is 38.7. The predicted octanol–water partition coefficient (Wildman–Crippen LogP) is 6.68. The smallest absolute Gasteiger partial charge is 0.357 e. The molecule has 0 saturated carbocycles. The Hall–Kier alpha value is -3.03. The van der Waals surface area contributed by atoms with Gasteiger partial charge in [0.1, 0.15) is 22.9 Å². The molecule has 0 unspecified atom stereocenters. The molecule has 0 aliphatic heterocycles. The first-order valence-corrected chi connectivity index (χ1v) is 11.6. The standard InChI is InChI=1S/C26H24ClF2NO3S/c1-16(2)15-32-26(34)33-20-12-10-18(11-13-20)17-6-8-19(9-7-17)23(14-27)30-25(31)24-21(28)4-3-5-22(24)29/h3-13,16,23H,14-15H2,1-2H3,(H,30,31)/t23-/m1/s1. The van der Waals surface area contributed by atoms with Gasteiger partial charge in [0.05, 0.1) is 12.6 Å². The van der Waals surface area contributed by atoms with E-state index in [0.717, 1.165) is 23.3 Å². The van der Waals surface area contributed by atoms with E-state index in [1.165, 1.54) is 6.07 Å². The summed E-state index contributed by atoms with van der Waals surface area (Å²) in [6.45, 7) is 4.53. The van der Waals surface area contributed by atoms with Crippen molar-refractivity contribution in [2.24, 2.45) is 5.92 Å². The van der Waals surface area contributed by atoms with Gasteiger partial charge in [0.15, 0.2) is 0 Å². The van der Waals surface area contributed by atoms with E-state index in [9.17, 15) is 13.6 Å². The fourth-order valence-electron chi connectivity index (χ4n) is 3.14. The molecule has 3 aromatic rings. The van der Waals surface area contributed by atoms with Crippen molar-refractivity contribution in [3.63, 3.8) is 0 Å². The van der Waals surface area contributed by atoms with Crippen molar-refractivity contribution in [1.29, 1.82) is 0 Å². The molecule has 0 saturated heterocycles. The second kappa shape index (κ2) is 11.9. The molecule has 3 rings (SSSR count). The van der Waals surface area contributed by atoms with Gasteiger partial charge in [-0.1, -0.05) is 56.3 Å². The Balaban J connectivity index is 1.66. The van der Waals surface area contributed by atoms with Crippen LogP contribution >= 0.6 is 23.8 Å². The van der Waals surface area contributed by atoms with E-state index < -0.39 is 29.1 Å². The Morgan fingerprint density at radius 3 is 2.06 bits per heavy atom. The zero-order chi connectivity index (χ0) is 24.7. The summed E-state index contributed by atoms with van der Waals surface area (Å²) in [5.41, 5.74) is 1.93. The largest absolute Gasteiger partial charge is 0.456 e. The van der Waals surface area contributed by atoms with Crippen LogP contribution in [0.25, 0.3) is 11.1 Å². The van der Waals surface area contributed by atoms with E-state index in [0.29, 0.717) is 23.8 Å². The van der Waals surface area contributed by atoms with E-state index >= 15 is 0 Å². The maximum absolute atomic E-state index is 13.9. The number of hydrogen-bond acceptors (Lipinski definition) is 4. The van der Waals surface area contributed by atoms with E-state index in [1.807, 2.05) is 38.1 Å². The van der Waals surface area contributed by atoms with Gasteiger partial charge in [-0.25, -0.2) is 8.78 Å². The molecule has 0 spiro atoms. The number of alkyl halides is 1. The quantitative estimate of drug-likeness (QED) is 0.275. The number of ether oxygens (including phenoxy) is 2. The minimum Gasteiger partial charge on any atom is -0.456 e. The van der Waals surface area contributed by atoms with Crippen molar-refractivity contribution in [1.82, 2.24) is 5.32 Å². The van der Waals surface area contributed by atoms with Gasteiger partial charge < -0.3 is 14.8 Å². The number of benzene rings is 3. The van der Waals surface area contributed by atoms with Gasteiger partial charge in [-0.15, -0.1) is 11.6 Å². The zero-order valence-corrected chi connectivity index (χ0v) is 20.3. The second-order valence-corrected chi connectivity index (χ2v) is 8.62. The Morgan fingerprint density at radius 1 is 0.971 bits per heavy atom. The molecule has 178 valence electrons. The summed E-state index contributed by atoms with van der Waals surface area (Å²) in [7, 11) is 0. The molecular weight excluding hydrogens is 480 g/mol. The van der Waals surface area contributed by atoms with Gasteiger partial charge >= 0.3 is 5.24 Å². The lowest BCUT2D eigenvalue weighted by molar-refractivity contribution is 0.0932. The van der Waals surface area contributed by atoms with Crippen molar-refractivity contribution >= 4 is 35.0 Å². The fourth-order valence-corrected chi connectivity index (χ4v) is 3.56. The molecule has 8 heteroatoms. The molecule has 1 amide bonds. The fraction of sp³-hybridized carbons (Fsp3) is 0.231. The van der Waals surface area contributed by atoms with Crippen LogP contribution in [0.5, 0.6) is 5.75 Å². The highest BCUT2D eigenvalue weighted by Crippen LogP contribution is 2.25. The van der Waals surface area contributed by atoms with Crippen LogP contribution in [-0.2, 0) is 4.74 Å². The third-order valence-electron chi connectivity index (χ3n) is 4.89. The van der Waals surface area contributed by atoms with E-state index in [-0.39, 0.29) is 11.1 Å². The molecule has 0 heterocycles. The summed E-state index contributed by atoms with van der Waals surface area (Å²) in [6, 6.07) is 17.4. The lowest BCUT2D eigenvalue weighted by Gasteiger charge is -2.17. The van der Waals surface area contributed by atoms with Crippen molar-refractivity contribution in [3.8, 4) is 16.9 Å². The van der Waals surface area contributed by atoms with Crippen molar-refractivity contribution in [2.75, 3.05) is 12.5 Å². The van der Waals surface area contributed by atoms with Crippen LogP contribution in [0.2, 0.25) is 0 Å². The lowest BCUT2D eigenvalue weighted by atomic mass is 10.0. The van der Waals surface area contributed by atoms with Gasteiger partial charge in [-0.05, 0) is 46.9 Å². The van der Waals surface area contributed by atoms with Crippen LogP contribution in [0.1, 0.15) is 35.8 Å². The van der Waals surface area contributed by atoms with Crippen LogP contribution in [-0.4, -0.2) is 23.6 Å². The highest BCUT2D eigenvalue weighted by Gasteiger charge is 2.21. The minimum atomic E-state index is -0.930. The Labute approximate surface area is 207 Å². The summed E-state index contributed by atoms with van der Waals surface area (Å²) in [6.07, 6.45) is 0. The van der Waals surface area contributed by atoms with Gasteiger partial charge in [0.2, 0.25) is 0 Å². The Morgan fingerprint density at radius 2 is 1.53 bits per heavy atom. The van der Waals surface area contributed by atoms with E-state index in [1.54, 1.807) is 24.3 Å². The van der Waals surface area contributed by atoms with Gasteiger partial charge in [0, 0.05) is 18.1 Å². The number of halogens is 3. The van der Waals surface area contributed by atoms with Gasteiger partial charge in [0.25, 0.3) is 5.91 Å². The number of carbonyl (C=O) groups is 1. The molecule has 4 nitrogen and oxygen atoms in total. The number of nitrogens with one attached hydrogen (secondary N) is 1. The molecule has 0 aliphatic rings. The second-order valence-electron chi connectivity index (χ2n) is 7.98. The van der Waals surface area contributed by atoms with Gasteiger partial charge in [-0.2, -0.15) is 0 Å². The third kappa shape index (κ3) is 6.74. The number of amides is 1. The van der Waals surface area contributed by atoms with Crippen LogP contribution < -0.4 is 10.1 Å². The van der Waals surface area contributed by atoms with Crippen LogP contribution in [0.15, 0.2) is 66.7 Å². The van der Waals surface area contributed by atoms with Crippen molar-refractivity contribution in [3.05, 3.63) is 89.5 Å². The molecule has 0 radical (unpaired) electrons. The van der Waals surface area contributed by atoms with Crippen LogP contribution in [0.4, 0.5) is 8.78 Å². The minimum absolute atomic E-state index is 0.0337. The molecule has 0 aliphatic carbocycles. The monoisotopic (exact) mass is 503 g/mol.